The normalized spacial score (nSPS) is 17.8. The SMILES string of the molecule is O=CN1CCC(O)(C#Cc2cccc(Cl)c2)CC1. The van der Waals surface area contributed by atoms with Crippen LogP contribution < -0.4 is 0 Å². The first-order chi connectivity index (χ1) is 8.61. The fourth-order valence-electron chi connectivity index (χ4n) is 1.88. The van der Waals surface area contributed by atoms with E-state index in [4.69, 9.17) is 11.6 Å². The molecule has 1 aliphatic heterocycles. The monoisotopic (exact) mass is 263 g/mol. The molecule has 1 aromatic carbocycles. The van der Waals surface area contributed by atoms with Crippen LogP contribution >= 0.6 is 11.6 Å². The number of hydrogen-bond acceptors (Lipinski definition) is 2. The minimum Gasteiger partial charge on any atom is -0.377 e. The molecule has 0 aliphatic carbocycles. The number of aliphatic hydroxyl groups is 1. The highest BCUT2D eigenvalue weighted by molar-refractivity contribution is 6.30. The van der Waals surface area contributed by atoms with Gasteiger partial charge in [0.1, 0.15) is 5.60 Å². The van der Waals surface area contributed by atoms with Gasteiger partial charge in [0.2, 0.25) is 6.41 Å². The van der Waals surface area contributed by atoms with Crippen LogP contribution in [0.25, 0.3) is 0 Å². The summed E-state index contributed by atoms with van der Waals surface area (Å²) in [6.07, 6.45) is 1.78. The average molecular weight is 264 g/mol. The van der Waals surface area contributed by atoms with E-state index in [1.807, 2.05) is 12.1 Å². The van der Waals surface area contributed by atoms with E-state index in [1.165, 1.54) is 0 Å². The predicted octanol–water partition coefficient (Wildman–Crippen LogP) is 1.67. The van der Waals surface area contributed by atoms with Gasteiger partial charge in [-0.2, -0.15) is 0 Å². The molecule has 1 fully saturated rings. The molecule has 0 saturated carbocycles. The van der Waals surface area contributed by atoms with E-state index in [9.17, 15) is 9.90 Å². The Bertz CT molecular complexity index is 496. The van der Waals surface area contributed by atoms with Crippen molar-refractivity contribution in [3.63, 3.8) is 0 Å². The van der Waals surface area contributed by atoms with Crippen molar-refractivity contribution in [2.24, 2.45) is 0 Å². The Morgan fingerprint density at radius 1 is 1.39 bits per heavy atom. The Labute approximate surface area is 111 Å². The minimum atomic E-state index is -0.998. The summed E-state index contributed by atoms with van der Waals surface area (Å²) in [6, 6.07) is 7.22. The summed E-state index contributed by atoms with van der Waals surface area (Å²) in [5.74, 6) is 5.83. The third-order valence-corrected chi connectivity index (χ3v) is 3.27. The van der Waals surface area contributed by atoms with Crippen molar-refractivity contribution in [1.82, 2.24) is 4.90 Å². The average Bonchev–Trinajstić information content (AvgIpc) is 2.38. The van der Waals surface area contributed by atoms with Crippen LogP contribution in [0.1, 0.15) is 18.4 Å². The highest BCUT2D eigenvalue weighted by Crippen LogP contribution is 2.20. The summed E-state index contributed by atoms with van der Waals surface area (Å²) in [7, 11) is 0. The summed E-state index contributed by atoms with van der Waals surface area (Å²) in [4.78, 5) is 12.2. The zero-order valence-corrected chi connectivity index (χ0v) is 10.7. The zero-order chi connectivity index (χ0) is 13.0. The van der Waals surface area contributed by atoms with Gasteiger partial charge in [-0.15, -0.1) is 0 Å². The van der Waals surface area contributed by atoms with Crippen molar-refractivity contribution in [3.8, 4) is 11.8 Å². The first-order valence-electron chi connectivity index (χ1n) is 5.82. The van der Waals surface area contributed by atoms with E-state index in [1.54, 1.807) is 17.0 Å². The van der Waals surface area contributed by atoms with E-state index in [0.717, 1.165) is 12.0 Å². The molecule has 0 aromatic heterocycles. The molecule has 0 unspecified atom stereocenters. The van der Waals surface area contributed by atoms with Crippen LogP contribution in [0, 0.1) is 11.8 Å². The van der Waals surface area contributed by atoms with Gasteiger partial charge in [-0.1, -0.05) is 29.5 Å². The molecule has 1 amide bonds. The van der Waals surface area contributed by atoms with Crippen LogP contribution in [0.5, 0.6) is 0 Å². The number of halogens is 1. The summed E-state index contributed by atoms with van der Waals surface area (Å²) >= 11 is 5.86. The van der Waals surface area contributed by atoms with Gasteiger partial charge in [-0.05, 0) is 18.2 Å². The molecular formula is C14H14ClNO2. The molecule has 94 valence electrons. The largest absolute Gasteiger partial charge is 0.377 e. The molecule has 0 atom stereocenters. The Balaban J connectivity index is 2.08. The number of hydrogen-bond donors (Lipinski definition) is 1. The number of carbonyl (C=O) groups is 1. The zero-order valence-electron chi connectivity index (χ0n) is 9.90. The Morgan fingerprint density at radius 2 is 2.11 bits per heavy atom. The molecule has 0 bridgehead atoms. The number of amides is 1. The quantitative estimate of drug-likeness (QED) is 0.619. The minimum absolute atomic E-state index is 0.485. The molecule has 1 saturated heterocycles. The maximum absolute atomic E-state index is 10.6. The van der Waals surface area contributed by atoms with E-state index in [-0.39, 0.29) is 0 Å². The lowest BCUT2D eigenvalue weighted by molar-refractivity contribution is -0.120. The van der Waals surface area contributed by atoms with Crippen LogP contribution in [0.2, 0.25) is 5.02 Å². The van der Waals surface area contributed by atoms with Gasteiger partial charge < -0.3 is 10.0 Å². The number of likely N-dealkylation sites (tertiary alicyclic amines) is 1. The van der Waals surface area contributed by atoms with Gasteiger partial charge in [-0.3, -0.25) is 4.79 Å². The maximum Gasteiger partial charge on any atom is 0.209 e. The fourth-order valence-corrected chi connectivity index (χ4v) is 2.07. The van der Waals surface area contributed by atoms with E-state index < -0.39 is 5.60 Å². The van der Waals surface area contributed by atoms with E-state index >= 15 is 0 Å². The Hall–Kier alpha value is -1.50. The molecule has 3 nitrogen and oxygen atoms in total. The fraction of sp³-hybridized carbons (Fsp3) is 0.357. The number of carbonyl (C=O) groups excluding carboxylic acids is 1. The van der Waals surface area contributed by atoms with E-state index in [0.29, 0.717) is 31.0 Å². The summed E-state index contributed by atoms with van der Waals surface area (Å²) in [5, 5.41) is 10.9. The highest BCUT2D eigenvalue weighted by Gasteiger charge is 2.29. The maximum atomic E-state index is 10.6. The summed E-state index contributed by atoms with van der Waals surface area (Å²) < 4.78 is 0. The lowest BCUT2D eigenvalue weighted by Crippen LogP contribution is -2.42. The first-order valence-corrected chi connectivity index (χ1v) is 6.20. The molecule has 0 radical (unpaired) electrons. The molecule has 1 aromatic rings. The van der Waals surface area contributed by atoms with Crippen molar-refractivity contribution in [2.75, 3.05) is 13.1 Å². The van der Waals surface area contributed by atoms with Crippen molar-refractivity contribution in [1.29, 1.82) is 0 Å². The lowest BCUT2D eigenvalue weighted by Gasteiger charge is -2.32. The topological polar surface area (TPSA) is 40.5 Å². The number of piperidine rings is 1. The highest BCUT2D eigenvalue weighted by atomic mass is 35.5. The van der Waals surface area contributed by atoms with Crippen molar-refractivity contribution in [3.05, 3.63) is 34.9 Å². The molecule has 2 rings (SSSR count). The van der Waals surface area contributed by atoms with Crippen molar-refractivity contribution >= 4 is 18.0 Å². The second-order valence-corrected chi connectivity index (χ2v) is 4.87. The van der Waals surface area contributed by atoms with Crippen molar-refractivity contribution in [2.45, 2.75) is 18.4 Å². The van der Waals surface area contributed by atoms with Crippen LogP contribution in [-0.4, -0.2) is 35.1 Å². The molecule has 0 spiro atoms. The van der Waals surface area contributed by atoms with Gasteiger partial charge >= 0.3 is 0 Å². The third-order valence-electron chi connectivity index (χ3n) is 3.04. The number of nitrogens with zero attached hydrogens (tertiary/aromatic N) is 1. The predicted molar refractivity (Wildman–Crippen MR) is 70.2 cm³/mol. The molecule has 4 heteroatoms. The second-order valence-electron chi connectivity index (χ2n) is 4.43. The molecule has 1 heterocycles. The molecular weight excluding hydrogens is 250 g/mol. The Morgan fingerprint density at radius 3 is 2.72 bits per heavy atom. The first kappa shape index (κ1) is 12.9. The van der Waals surface area contributed by atoms with E-state index in [2.05, 4.69) is 11.8 Å². The van der Waals surface area contributed by atoms with Gasteiger partial charge in [-0.25, -0.2) is 0 Å². The van der Waals surface area contributed by atoms with Crippen LogP contribution in [0.3, 0.4) is 0 Å². The van der Waals surface area contributed by atoms with Gasteiger partial charge in [0.05, 0.1) is 0 Å². The summed E-state index contributed by atoms with van der Waals surface area (Å²) in [6.45, 7) is 1.09. The van der Waals surface area contributed by atoms with Crippen LogP contribution in [0.15, 0.2) is 24.3 Å². The standard InChI is InChI=1S/C14H14ClNO2/c15-13-3-1-2-12(10-13)4-5-14(18)6-8-16(11-17)9-7-14/h1-3,10-11,18H,6-9H2. The van der Waals surface area contributed by atoms with Crippen LogP contribution in [-0.2, 0) is 4.79 Å². The molecule has 18 heavy (non-hydrogen) atoms. The van der Waals surface area contributed by atoms with Crippen molar-refractivity contribution < 1.29 is 9.90 Å². The Kier molecular flexibility index (Phi) is 3.90. The molecule has 1 N–H and O–H groups in total. The summed E-state index contributed by atoms with van der Waals surface area (Å²) in [5.41, 5.74) is -0.212. The van der Waals surface area contributed by atoms with Gasteiger partial charge in [0.25, 0.3) is 0 Å². The lowest BCUT2D eigenvalue weighted by atomic mass is 9.92. The molecule has 1 aliphatic rings. The number of benzene rings is 1. The third kappa shape index (κ3) is 3.25. The van der Waals surface area contributed by atoms with Gasteiger partial charge in [0, 0.05) is 36.5 Å². The smallest absolute Gasteiger partial charge is 0.209 e. The second kappa shape index (κ2) is 5.43. The van der Waals surface area contributed by atoms with Gasteiger partial charge in [0.15, 0.2) is 0 Å². The van der Waals surface area contributed by atoms with Crippen LogP contribution in [0.4, 0.5) is 0 Å². The number of rotatable bonds is 1.